The molecule has 2 N–H and O–H groups in total. The molecule has 0 saturated heterocycles. The summed E-state index contributed by atoms with van der Waals surface area (Å²) in [5.41, 5.74) is 0. The second kappa shape index (κ2) is 6.80. The van der Waals surface area contributed by atoms with Crippen LogP contribution in [0.2, 0.25) is 0 Å². The second-order valence-corrected chi connectivity index (χ2v) is 4.40. The van der Waals surface area contributed by atoms with Crippen LogP contribution < -0.4 is 10.6 Å². The lowest BCUT2D eigenvalue weighted by molar-refractivity contribution is -0.120. The van der Waals surface area contributed by atoms with Crippen molar-refractivity contribution in [3.05, 3.63) is 0 Å². The van der Waals surface area contributed by atoms with Gasteiger partial charge in [-0.2, -0.15) is 0 Å². The van der Waals surface area contributed by atoms with Gasteiger partial charge < -0.3 is 15.4 Å². The highest BCUT2D eigenvalue weighted by Crippen LogP contribution is 2.28. The molecule has 1 saturated carbocycles. The molecule has 4 nitrogen and oxygen atoms in total. The Labute approximate surface area is 91.8 Å². The fraction of sp³-hybridized carbons (Fsp3) is 0.909. The summed E-state index contributed by atoms with van der Waals surface area (Å²) in [6.45, 7) is 6.54. The minimum absolute atomic E-state index is 0.0405. The van der Waals surface area contributed by atoms with Gasteiger partial charge in [-0.15, -0.1) is 0 Å². The fourth-order valence-electron chi connectivity index (χ4n) is 1.16. The van der Waals surface area contributed by atoms with Crippen molar-refractivity contribution in [2.75, 3.05) is 26.3 Å². The van der Waals surface area contributed by atoms with Gasteiger partial charge in [0, 0.05) is 19.2 Å². The highest BCUT2D eigenvalue weighted by molar-refractivity contribution is 5.77. The maximum absolute atomic E-state index is 11.2. The summed E-state index contributed by atoms with van der Waals surface area (Å²) in [7, 11) is 0. The summed E-state index contributed by atoms with van der Waals surface area (Å²) in [5.74, 6) is 0.835. The Bertz CT molecular complexity index is 191. The summed E-state index contributed by atoms with van der Waals surface area (Å²) >= 11 is 0. The number of ether oxygens (including phenoxy) is 1. The first kappa shape index (κ1) is 12.5. The zero-order valence-corrected chi connectivity index (χ0v) is 9.71. The van der Waals surface area contributed by atoms with Crippen molar-refractivity contribution in [3.8, 4) is 0 Å². The van der Waals surface area contributed by atoms with Crippen LogP contribution in [0.3, 0.4) is 0 Å². The van der Waals surface area contributed by atoms with Crippen LogP contribution in [0.4, 0.5) is 0 Å². The summed E-state index contributed by atoms with van der Waals surface area (Å²) in [6.07, 6.45) is 2.62. The van der Waals surface area contributed by atoms with Crippen molar-refractivity contribution in [1.29, 1.82) is 0 Å². The van der Waals surface area contributed by atoms with Crippen LogP contribution in [0.1, 0.15) is 26.7 Å². The van der Waals surface area contributed by atoms with E-state index < -0.39 is 0 Å². The van der Waals surface area contributed by atoms with Gasteiger partial charge in [-0.3, -0.25) is 4.79 Å². The predicted octanol–water partition coefficient (Wildman–Crippen LogP) is 0.527. The average Bonchev–Trinajstić information content (AvgIpc) is 2.98. The Hall–Kier alpha value is -0.610. The summed E-state index contributed by atoms with van der Waals surface area (Å²) in [6, 6.07) is 0.349. The Morgan fingerprint density at radius 3 is 2.80 bits per heavy atom. The number of hydrogen-bond donors (Lipinski definition) is 2. The third kappa shape index (κ3) is 7.33. The minimum Gasteiger partial charge on any atom is -0.379 e. The smallest absolute Gasteiger partial charge is 0.234 e. The maximum atomic E-state index is 11.2. The van der Waals surface area contributed by atoms with E-state index in [1.54, 1.807) is 0 Å². The summed E-state index contributed by atoms with van der Waals surface area (Å²) in [5, 5.41) is 5.87. The van der Waals surface area contributed by atoms with Crippen molar-refractivity contribution < 1.29 is 9.53 Å². The van der Waals surface area contributed by atoms with Crippen LogP contribution in [0.15, 0.2) is 0 Å². The number of rotatable bonds is 8. The van der Waals surface area contributed by atoms with Crippen LogP contribution in [-0.4, -0.2) is 38.3 Å². The number of nitrogens with one attached hydrogen (secondary N) is 2. The third-order valence-corrected chi connectivity index (χ3v) is 2.29. The zero-order chi connectivity index (χ0) is 11.1. The Kier molecular flexibility index (Phi) is 5.65. The SMILES string of the molecule is CC(C)NCC(=O)NCCOCC1CC1. The number of hydrogen-bond acceptors (Lipinski definition) is 3. The molecule has 88 valence electrons. The number of amides is 1. The first-order chi connectivity index (χ1) is 7.18. The Morgan fingerprint density at radius 1 is 1.47 bits per heavy atom. The van der Waals surface area contributed by atoms with Gasteiger partial charge >= 0.3 is 0 Å². The van der Waals surface area contributed by atoms with Gasteiger partial charge in [0.2, 0.25) is 5.91 Å². The van der Waals surface area contributed by atoms with E-state index in [4.69, 9.17) is 4.74 Å². The topological polar surface area (TPSA) is 50.4 Å². The first-order valence-electron chi connectivity index (χ1n) is 5.76. The molecule has 1 amide bonds. The van der Waals surface area contributed by atoms with Gasteiger partial charge in [-0.25, -0.2) is 0 Å². The minimum atomic E-state index is 0.0405. The molecular weight excluding hydrogens is 192 g/mol. The van der Waals surface area contributed by atoms with Gasteiger partial charge in [-0.05, 0) is 18.8 Å². The molecule has 0 unspecified atom stereocenters. The molecule has 4 heteroatoms. The molecular formula is C11H22N2O2. The molecule has 1 aliphatic carbocycles. The lowest BCUT2D eigenvalue weighted by Gasteiger charge is -2.09. The largest absolute Gasteiger partial charge is 0.379 e. The monoisotopic (exact) mass is 214 g/mol. The van der Waals surface area contributed by atoms with E-state index in [2.05, 4.69) is 10.6 Å². The van der Waals surface area contributed by atoms with Crippen LogP contribution in [0.5, 0.6) is 0 Å². The van der Waals surface area contributed by atoms with Crippen LogP contribution in [0, 0.1) is 5.92 Å². The average molecular weight is 214 g/mol. The van der Waals surface area contributed by atoms with Gasteiger partial charge in [0.25, 0.3) is 0 Å². The molecule has 1 rings (SSSR count). The van der Waals surface area contributed by atoms with Gasteiger partial charge in [0.15, 0.2) is 0 Å². The highest BCUT2D eigenvalue weighted by atomic mass is 16.5. The normalized spacial score (nSPS) is 15.7. The first-order valence-corrected chi connectivity index (χ1v) is 5.76. The van der Waals surface area contributed by atoms with E-state index in [9.17, 15) is 4.79 Å². The van der Waals surface area contributed by atoms with E-state index in [0.717, 1.165) is 12.5 Å². The van der Waals surface area contributed by atoms with Crippen molar-refractivity contribution >= 4 is 5.91 Å². The van der Waals surface area contributed by atoms with Crippen molar-refractivity contribution in [3.63, 3.8) is 0 Å². The second-order valence-electron chi connectivity index (χ2n) is 4.40. The van der Waals surface area contributed by atoms with E-state index in [1.807, 2.05) is 13.8 Å². The highest BCUT2D eigenvalue weighted by Gasteiger charge is 2.20. The van der Waals surface area contributed by atoms with Crippen molar-refractivity contribution in [2.24, 2.45) is 5.92 Å². The maximum Gasteiger partial charge on any atom is 0.234 e. The van der Waals surface area contributed by atoms with Gasteiger partial charge in [0.05, 0.1) is 13.2 Å². The molecule has 1 fully saturated rings. The summed E-state index contributed by atoms with van der Waals surface area (Å²) < 4.78 is 5.40. The molecule has 0 aromatic heterocycles. The van der Waals surface area contributed by atoms with Crippen LogP contribution in [0.25, 0.3) is 0 Å². The Balaban J connectivity index is 1.82. The number of carbonyl (C=O) groups excluding carboxylic acids is 1. The van der Waals surface area contributed by atoms with E-state index in [-0.39, 0.29) is 5.91 Å². The molecule has 0 spiro atoms. The van der Waals surface area contributed by atoms with Gasteiger partial charge in [-0.1, -0.05) is 13.8 Å². The lowest BCUT2D eigenvalue weighted by Crippen LogP contribution is -2.38. The predicted molar refractivity (Wildman–Crippen MR) is 59.7 cm³/mol. The molecule has 0 atom stereocenters. The number of carbonyl (C=O) groups is 1. The lowest BCUT2D eigenvalue weighted by atomic mass is 10.4. The molecule has 0 aliphatic heterocycles. The van der Waals surface area contributed by atoms with Crippen molar-refractivity contribution in [2.45, 2.75) is 32.7 Å². The fourth-order valence-corrected chi connectivity index (χ4v) is 1.16. The zero-order valence-electron chi connectivity index (χ0n) is 9.71. The van der Waals surface area contributed by atoms with E-state index in [1.165, 1.54) is 12.8 Å². The summed E-state index contributed by atoms with van der Waals surface area (Å²) in [4.78, 5) is 11.2. The van der Waals surface area contributed by atoms with Crippen LogP contribution >= 0.6 is 0 Å². The van der Waals surface area contributed by atoms with Crippen molar-refractivity contribution in [1.82, 2.24) is 10.6 Å². The molecule has 1 aliphatic rings. The molecule has 0 aromatic carbocycles. The third-order valence-electron chi connectivity index (χ3n) is 2.29. The Morgan fingerprint density at radius 2 is 2.20 bits per heavy atom. The standard InChI is InChI=1S/C11H22N2O2/c1-9(2)13-7-11(14)12-5-6-15-8-10-3-4-10/h9-10,13H,3-8H2,1-2H3,(H,12,14). The van der Waals surface area contributed by atoms with Crippen LogP contribution in [-0.2, 0) is 9.53 Å². The molecule has 0 bridgehead atoms. The molecule has 0 aromatic rings. The van der Waals surface area contributed by atoms with E-state index in [0.29, 0.717) is 25.7 Å². The van der Waals surface area contributed by atoms with E-state index >= 15 is 0 Å². The quantitative estimate of drug-likeness (QED) is 0.579. The molecule has 15 heavy (non-hydrogen) atoms. The molecule has 0 radical (unpaired) electrons. The van der Waals surface area contributed by atoms with Gasteiger partial charge in [0.1, 0.15) is 0 Å². The molecule has 0 heterocycles.